The van der Waals surface area contributed by atoms with Crippen LogP contribution in [0.1, 0.15) is 29.3 Å². The largest absolute Gasteiger partial charge is 0.457 e. The maximum atomic E-state index is 12.9. The van der Waals surface area contributed by atoms with Gasteiger partial charge in [-0.2, -0.15) is 0 Å². The zero-order valence-electron chi connectivity index (χ0n) is 15.0. The summed E-state index contributed by atoms with van der Waals surface area (Å²) in [6.07, 6.45) is 0.836. The third kappa shape index (κ3) is 4.22. The summed E-state index contributed by atoms with van der Waals surface area (Å²) < 4.78 is 18.0. The van der Waals surface area contributed by atoms with Crippen LogP contribution >= 0.6 is 0 Å². The quantitative estimate of drug-likeness (QED) is 0.580. The molecule has 1 aliphatic rings. The molecule has 0 radical (unpaired) electrons. The van der Waals surface area contributed by atoms with E-state index in [2.05, 4.69) is 0 Å². The molecule has 1 amide bonds. The lowest BCUT2D eigenvalue weighted by Crippen LogP contribution is -2.28. The van der Waals surface area contributed by atoms with Gasteiger partial charge in [-0.1, -0.05) is 25.1 Å². The summed E-state index contributed by atoms with van der Waals surface area (Å²) in [5, 5.41) is 0. The van der Waals surface area contributed by atoms with Gasteiger partial charge in [-0.3, -0.25) is 14.4 Å². The Morgan fingerprint density at radius 1 is 1.15 bits per heavy atom. The molecular formula is C21H20FNO4. The Hall–Kier alpha value is -3.02. The van der Waals surface area contributed by atoms with E-state index < -0.39 is 30.1 Å². The normalized spacial score (nSPS) is 16.4. The minimum absolute atomic E-state index is 0.0572. The topological polar surface area (TPSA) is 63.7 Å². The average Bonchev–Trinajstić information content (AvgIpc) is 3.08. The molecule has 0 aromatic heterocycles. The predicted octanol–water partition coefficient (Wildman–Crippen LogP) is 3.17. The van der Waals surface area contributed by atoms with Gasteiger partial charge < -0.3 is 9.64 Å². The Morgan fingerprint density at radius 3 is 2.56 bits per heavy atom. The van der Waals surface area contributed by atoms with Gasteiger partial charge in [-0.25, -0.2) is 4.39 Å². The molecule has 140 valence electrons. The average molecular weight is 369 g/mol. The van der Waals surface area contributed by atoms with Gasteiger partial charge in [0, 0.05) is 24.2 Å². The number of nitrogens with zero attached hydrogens (tertiary/aromatic N) is 1. The molecule has 5 nitrogen and oxygen atoms in total. The lowest BCUT2D eigenvalue weighted by Gasteiger charge is -2.19. The number of hydrogen-bond acceptors (Lipinski definition) is 4. The van der Waals surface area contributed by atoms with Crippen molar-refractivity contribution >= 4 is 23.3 Å². The van der Waals surface area contributed by atoms with Gasteiger partial charge in [0.15, 0.2) is 12.4 Å². The second-order valence-electron chi connectivity index (χ2n) is 6.43. The second kappa shape index (κ2) is 8.12. The Labute approximate surface area is 156 Å². The highest BCUT2D eigenvalue weighted by Gasteiger charge is 2.37. The number of esters is 1. The van der Waals surface area contributed by atoms with E-state index in [4.69, 9.17) is 4.74 Å². The first kappa shape index (κ1) is 18.8. The number of ether oxygens (including phenoxy) is 1. The number of hydrogen-bond donors (Lipinski definition) is 0. The molecule has 1 atom stereocenters. The zero-order valence-corrected chi connectivity index (χ0v) is 15.0. The molecule has 0 saturated carbocycles. The Balaban J connectivity index is 1.60. The van der Waals surface area contributed by atoms with Crippen molar-refractivity contribution in [2.75, 3.05) is 18.1 Å². The summed E-state index contributed by atoms with van der Waals surface area (Å²) in [5.74, 6) is -2.18. The summed E-state index contributed by atoms with van der Waals surface area (Å²) >= 11 is 0. The van der Waals surface area contributed by atoms with Crippen LogP contribution < -0.4 is 4.90 Å². The number of halogens is 1. The van der Waals surface area contributed by atoms with Crippen molar-refractivity contribution < 1.29 is 23.5 Å². The lowest BCUT2D eigenvalue weighted by molar-refractivity contribution is -0.147. The number of ketones is 1. The van der Waals surface area contributed by atoms with E-state index >= 15 is 0 Å². The molecule has 1 fully saturated rings. The third-order valence-electron chi connectivity index (χ3n) is 4.63. The molecule has 0 spiro atoms. The van der Waals surface area contributed by atoms with Gasteiger partial charge in [-0.05, 0) is 42.3 Å². The lowest BCUT2D eigenvalue weighted by atomic mass is 10.1. The van der Waals surface area contributed by atoms with Crippen molar-refractivity contribution in [3.05, 3.63) is 65.5 Å². The standard InChI is InChI=1S/C21H20FNO4/c1-2-14-5-3-4-6-18(14)23-12-16(11-20(23)25)21(26)27-13-19(24)15-7-9-17(22)10-8-15/h3-10,16H,2,11-13H2,1H3/t16-/m0/s1. The smallest absolute Gasteiger partial charge is 0.311 e. The molecule has 2 aromatic rings. The molecule has 0 N–H and O–H groups in total. The number of amides is 1. The monoisotopic (exact) mass is 369 g/mol. The third-order valence-corrected chi connectivity index (χ3v) is 4.63. The van der Waals surface area contributed by atoms with Crippen molar-refractivity contribution in [1.82, 2.24) is 0 Å². The predicted molar refractivity (Wildman–Crippen MR) is 98.0 cm³/mol. The molecule has 6 heteroatoms. The fraction of sp³-hybridized carbons (Fsp3) is 0.286. The maximum absolute atomic E-state index is 12.9. The van der Waals surface area contributed by atoms with Crippen LogP contribution in [0.5, 0.6) is 0 Å². The van der Waals surface area contributed by atoms with Crippen molar-refractivity contribution in [2.24, 2.45) is 5.92 Å². The fourth-order valence-electron chi connectivity index (χ4n) is 3.15. The van der Waals surface area contributed by atoms with Gasteiger partial charge in [-0.15, -0.1) is 0 Å². The summed E-state index contributed by atoms with van der Waals surface area (Å²) in [6.45, 7) is 1.81. The molecule has 0 aliphatic carbocycles. The van der Waals surface area contributed by atoms with Crippen LogP contribution in [0.4, 0.5) is 10.1 Å². The van der Waals surface area contributed by atoms with Crippen LogP contribution in [0.3, 0.4) is 0 Å². The van der Waals surface area contributed by atoms with Crippen LogP contribution in [-0.2, 0) is 20.7 Å². The molecule has 3 rings (SSSR count). The first-order chi connectivity index (χ1) is 13.0. The van der Waals surface area contributed by atoms with Crippen molar-refractivity contribution in [3.8, 4) is 0 Å². The van der Waals surface area contributed by atoms with E-state index in [1.54, 1.807) is 4.90 Å². The highest BCUT2D eigenvalue weighted by atomic mass is 19.1. The van der Waals surface area contributed by atoms with E-state index in [0.717, 1.165) is 17.7 Å². The van der Waals surface area contributed by atoms with Gasteiger partial charge in [0.2, 0.25) is 5.91 Å². The zero-order chi connectivity index (χ0) is 19.4. The fourth-order valence-corrected chi connectivity index (χ4v) is 3.15. The number of carbonyl (C=O) groups is 3. The Kier molecular flexibility index (Phi) is 5.64. The minimum Gasteiger partial charge on any atom is -0.457 e. The van der Waals surface area contributed by atoms with Crippen LogP contribution in [0.15, 0.2) is 48.5 Å². The SMILES string of the molecule is CCc1ccccc1N1C[C@@H](C(=O)OCC(=O)c2ccc(F)cc2)CC1=O. The van der Waals surface area contributed by atoms with E-state index in [0.29, 0.717) is 0 Å². The van der Waals surface area contributed by atoms with Crippen LogP contribution in [0, 0.1) is 11.7 Å². The van der Waals surface area contributed by atoms with E-state index in [1.807, 2.05) is 31.2 Å². The summed E-state index contributed by atoms with van der Waals surface area (Å²) in [5.41, 5.74) is 2.11. The Bertz CT molecular complexity index is 863. The molecule has 0 unspecified atom stereocenters. The summed E-state index contributed by atoms with van der Waals surface area (Å²) in [6, 6.07) is 12.6. The first-order valence-corrected chi connectivity index (χ1v) is 8.83. The molecule has 27 heavy (non-hydrogen) atoms. The Morgan fingerprint density at radius 2 is 1.85 bits per heavy atom. The molecule has 2 aromatic carbocycles. The van der Waals surface area contributed by atoms with Crippen LogP contribution in [0.25, 0.3) is 0 Å². The van der Waals surface area contributed by atoms with Gasteiger partial charge in [0.25, 0.3) is 0 Å². The highest BCUT2D eigenvalue weighted by molar-refractivity contribution is 6.01. The second-order valence-corrected chi connectivity index (χ2v) is 6.43. The number of aryl methyl sites for hydroxylation is 1. The number of anilines is 1. The summed E-state index contributed by atoms with van der Waals surface area (Å²) in [4.78, 5) is 38.3. The van der Waals surface area contributed by atoms with Gasteiger partial charge in [0.05, 0.1) is 5.92 Å². The van der Waals surface area contributed by atoms with Crippen molar-refractivity contribution in [2.45, 2.75) is 19.8 Å². The number of para-hydroxylation sites is 1. The molecule has 1 aliphatic heterocycles. The summed E-state index contributed by atoms with van der Waals surface area (Å²) in [7, 11) is 0. The highest BCUT2D eigenvalue weighted by Crippen LogP contribution is 2.29. The molecule has 1 saturated heterocycles. The van der Waals surface area contributed by atoms with E-state index in [1.165, 1.54) is 24.3 Å². The van der Waals surface area contributed by atoms with Gasteiger partial charge in [0.1, 0.15) is 5.82 Å². The van der Waals surface area contributed by atoms with Gasteiger partial charge >= 0.3 is 5.97 Å². The number of Topliss-reactive ketones (excluding diaryl/α,β-unsaturated/α-hetero) is 1. The van der Waals surface area contributed by atoms with E-state index in [-0.39, 0.29) is 24.4 Å². The number of benzene rings is 2. The van der Waals surface area contributed by atoms with Crippen LogP contribution in [0.2, 0.25) is 0 Å². The molecule has 1 heterocycles. The van der Waals surface area contributed by atoms with Crippen LogP contribution in [-0.4, -0.2) is 30.8 Å². The maximum Gasteiger partial charge on any atom is 0.311 e. The number of rotatable bonds is 6. The van der Waals surface area contributed by atoms with Crippen molar-refractivity contribution in [3.63, 3.8) is 0 Å². The van der Waals surface area contributed by atoms with Crippen molar-refractivity contribution in [1.29, 1.82) is 0 Å². The minimum atomic E-state index is -0.608. The first-order valence-electron chi connectivity index (χ1n) is 8.83. The molecule has 0 bridgehead atoms. The molecular weight excluding hydrogens is 349 g/mol. The number of carbonyl (C=O) groups excluding carboxylic acids is 3. The van der Waals surface area contributed by atoms with E-state index in [9.17, 15) is 18.8 Å².